The second-order valence-electron chi connectivity index (χ2n) is 9.16. The van der Waals surface area contributed by atoms with Crippen molar-refractivity contribution in [1.29, 1.82) is 0 Å². The third-order valence-electron chi connectivity index (χ3n) is 6.50. The highest BCUT2D eigenvalue weighted by atomic mass is 35.5. The summed E-state index contributed by atoms with van der Waals surface area (Å²) in [5, 5.41) is 3.72. The molecule has 0 bridgehead atoms. The van der Waals surface area contributed by atoms with E-state index in [1.165, 1.54) is 0 Å². The number of carbonyl (C=O) groups is 1. The summed E-state index contributed by atoms with van der Waals surface area (Å²) in [4.78, 5) is 17.8. The molecule has 5 aromatic rings. The van der Waals surface area contributed by atoms with Gasteiger partial charge in [0.2, 0.25) is 5.91 Å². The average Bonchev–Trinajstić information content (AvgIpc) is 3.26. The average molecular weight is 510 g/mol. The van der Waals surface area contributed by atoms with E-state index in [4.69, 9.17) is 21.3 Å². The number of anilines is 1. The molecule has 1 N–H and O–H groups in total. The van der Waals surface area contributed by atoms with E-state index in [1.54, 1.807) is 7.11 Å². The van der Waals surface area contributed by atoms with Crippen molar-refractivity contribution in [3.8, 4) is 28.1 Å². The molecule has 0 radical (unpaired) electrons. The predicted octanol–water partition coefficient (Wildman–Crippen LogP) is 7.52. The SMILES string of the molecule is COc1ccc(-c2nc3ccc(-c4ccc(Cl)cc4C)cn3c2CCC(=O)Nc2ccc(C)cc2)cc1. The molecular weight excluding hydrogens is 482 g/mol. The highest BCUT2D eigenvalue weighted by molar-refractivity contribution is 6.30. The van der Waals surface area contributed by atoms with Crippen molar-refractivity contribution in [2.75, 3.05) is 12.4 Å². The number of methoxy groups -OCH3 is 1. The fourth-order valence-electron chi connectivity index (χ4n) is 4.51. The first-order valence-corrected chi connectivity index (χ1v) is 12.6. The van der Waals surface area contributed by atoms with Crippen LogP contribution in [0.2, 0.25) is 5.02 Å². The van der Waals surface area contributed by atoms with Gasteiger partial charge in [-0.25, -0.2) is 4.98 Å². The molecule has 0 aliphatic rings. The number of pyridine rings is 1. The molecule has 5 nitrogen and oxygen atoms in total. The number of hydrogen-bond acceptors (Lipinski definition) is 3. The van der Waals surface area contributed by atoms with E-state index in [0.717, 1.165) is 56.3 Å². The number of amides is 1. The first kappa shape index (κ1) is 24.6. The third-order valence-corrected chi connectivity index (χ3v) is 6.74. The number of ether oxygens (including phenoxy) is 1. The van der Waals surface area contributed by atoms with E-state index < -0.39 is 0 Å². The smallest absolute Gasteiger partial charge is 0.224 e. The Morgan fingerprint density at radius 1 is 0.946 bits per heavy atom. The minimum atomic E-state index is -0.0378. The van der Waals surface area contributed by atoms with Crippen LogP contribution >= 0.6 is 11.6 Å². The second kappa shape index (κ2) is 10.5. The maximum Gasteiger partial charge on any atom is 0.224 e. The molecule has 0 spiro atoms. The van der Waals surface area contributed by atoms with Gasteiger partial charge >= 0.3 is 0 Å². The molecule has 5 rings (SSSR count). The van der Waals surface area contributed by atoms with Crippen molar-refractivity contribution >= 4 is 28.8 Å². The summed E-state index contributed by atoms with van der Waals surface area (Å²) in [5.41, 5.74) is 8.85. The van der Waals surface area contributed by atoms with Gasteiger partial charge in [0.05, 0.1) is 18.5 Å². The van der Waals surface area contributed by atoms with Crippen LogP contribution in [0.15, 0.2) is 85.1 Å². The van der Waals surface area contributed by atoms with E-state index in [2.05, 4.69) is 28.9 Å². The Hall–Kier alpha value is -4.09. The number of carbonyl (C=O) groups excluding carboxylic acids is 1. The number of nitrogens with one attached hydrogen (secondary N) is 1. The maximum absolute atomic E-state index is 12.9. The Morgan fingerprint density at radius 3 is 2.38 bits per heavy atom. The molecule has 186 valence electrons. The van der Waals surface area contributed by atoms with Gasteiger partial charge in [-0.2, -0.15) is 0 Å². The number of benzene rings is 3. The van der Waals surface area contributed by atoms with Gasteiger partial charge < -0.3 is 14.5 Å². The number of aryl methyl sites for hydroxylation is 3. The van der Waals surface area contributed by atoms with Gasteiger partial charge in [0.15, 0.2) is 0 Å². The quantitative estimate of drug-likeness (QED) is 0.247. The Labute approximate surface area is 221 Å². The Bertz CT molecular complexity index is 1570. The van der Waals surface area contributed by atoms with Crippen LogP contribution in [0.4, 0.5) is 5.69 Å². The predicted molar refractivity (Wildman–Crippen MR) is 150 cm³/mol. The molecule has 0 aliphatic carbocycles. The normalized spacial score (nSPS) is 11.0. The lowest BCUT2D eigenvalue weighted by Gasteiger charge is -2.10. The number of halogens is 1. The number of imidazole rings is 1. The van der Waals surface area contributed by atoms with Crippen molar-refractivity contribution in [1.82, 2.24) is 9.38 Å². The monoisotopic (exact) mass is 509 g/mol. The van der Waals surface area contributed by atoms with Crippen LogP contribution in [-0.4, -0.2) is 22.4 Å². The molecule has 37 heavy (non-hydrogen) atoms. The lowest BCUT2D eigenvalue weighted by Crippen LogP contribution is -2.13. The van der Waals surface area contributed by atoms with Crippen LogP contribution in [0.5, 0.6) is 5.75 Å². The third kappa shape index (κ3) is 5.37. The summed E-state index contributed by atoms with van der Waals surface area (Å²) in [7, 11) is 1.65. The number of nitrogens with zero attached hydrogens (tertiary/aromatic N) is 2. The topological polar surface area (TPSA) is 55.6 Å². The summed E-state index contributed by atoms with van der Waals surface area (Å²) >= 11 is 6.19. The molecule has 1 amide bonds. The van der Waals surface area contributed by atoms with Crippen molar-refractivity contribution in [3.05, 3.63) is 107 Å². The minimum Gasteiger partial charge on any atom is -0.497 e. The molecule has 0 aliphatic heterocycles. The molecular formula is C31H28ClN3O2. The Balaban J connectivity index is 1.52. The fraction of sp³-hybridized carbons (Fsp3) is 0.161. The second-order valence-corrected chi connectivity index (χ2v) is 9.59. The lowest BCUT2D eigenvalue weighted by atomic mass is 10.0. The molecule has 2 heterocycles. The van der Waals surface area contributed by atoms with Crippen LogP contribution < -0.4 is 10.1 Å². The van der Waals surface area contributed by atoms with Gasteiger partial charge in [-0.1, -0.05) is 35.4 Å². The van der Waals surface area contributed by atoms with Crippen molar-refractivity contribution in [2.45, 2.75) is 26.7 Å². The molecule has 6 heteroatoms. The number of hydrogen-bond donors (Lipinski definition) is 1. The van der Waals surface area contributed by atoms with E-state index in [-0.39, 0.29) is 5.91 Å². The van der Waals surface area contributed by atoms with Crippen molar-refractivity contribution in [3.63, 3.8) is 0 Å². The summed E-state index contributed by atoms with van der Waals surface area (Å²) in [6, 6.07) is 25.7. The standard InChI is InChI=1S/C31H28ClN3O2/c1-20-4-10-25(11-5-20)33-30(36)17-15-28-31(22-6-12-26(37-3)13-7-22)34-29-16-8-23(19-35(28)29)27-14-9-24(32)18-21(27)2/h4-14,16,18-19H,15,17H2,1-3H3,(H,33,36). The summed E-state index contributed by atoms with van der Waals surface area (Å²) in [5.74, 6) is 0.747. The highest BCUT2D eigenvalue weighted by Crippen LogP contribution is 2.31. The Kier molecular flexibility index (Phi) is 6.97. The van der Waals surface area contributed by atoms with E-state index in [1.807, 2.05) is 79.7 Å². The first-order valence-electron chi connectivity index (χ1n) is 12.2. The van der Waals surface area contributed by atoms with E-state index in [9.17, 15) is 4.79 Å². The number of rotatable bonds is 7. The number of fused-ring (bicyclic) bond motifs is 1. The lowest BCUT2D eigenvalue weighted by molar-refractivity contribution is -0.116. The summed E-state index contributed by atoms with van der Waals surface area (Å²) in [6.45, 7) is 4.08. The van der Waals surface area contributed by atoms with Crippen molar-refractivity contribution < 1.29 is 9.53 Å². The van der Waals surface area contributed by atoms with Gasteiger partial charge in [-0.05, 0) is 97.6 Å². The van der Waals surface area contributed by atoms with E-state index >= 15 is 0 Å². The van der Waals surface area contributed by atoms with Crippen LogP contribution in [0.25, 0.3) is 28.0 Å². The van der Waals surface area contributed by atoms with Crippen LogP contribution in [0.1, 0.15) is 23.2 Å². The fourth-order valence-corrected chi connectivity index (χ4v) is 4.74. The maximum atomic E-state index is 12.9. The first-order chi connectivity index (χ1) is 17.9. The van der Waals surface area contributed by atoms with E-state index in [0.29, 0.717) is 17.9 Å². The van der Waals surface area contributed by atoms with Crippen LogP contribution in [0.3, 0.4) is 0 Å². The summed E-state index contributed by atoms with van der Waals surface area (Å²) < 4.78 is 7.43. The van der Waals surface area contributed by atoms with Crippen molar-refractivity contribution in [2.24, 2.45) is 0 Å². The molecule has 0 saturated carbocycles. The van der Waals surface area contributed by atoms with Gasteiger partial charge in [0.25, 0.3) is 0 Å². The zero-order valence-electron chi connectivity index (χ0n) is 21.1. The minimum absolute atomic E-state index is 0.0378. The van der Waals surface area contributed by atoms with Crippen LogP contribution in [0, 0.1) is 13.8 Å². The zero-order chi connectivity index (χ0) is 25.9. The highest BCUT2D eigenvalue weighted by Gasteiger charge is 2.17. The molecule has 0 unspecified atom stereocenters. The molecule has 0 saturated heterocycles. The molecule has 3 aromatic carbocycles. The van der Waals surface area contributed by atoms with Gasteiger partial charge in [0, 0.05) is 28.9 Å². The van der Waals surface area contributed by atoms with Gasteiger partial charge in [-0.3, -0.25) is 4.79 Å². The van der Waals surface area contributed by atoms with Gasteiger partial charge in [-0.15, -0.1) is 0 Å². The van der Waals surface area contributed by atoms with Gasteiger partial charge in [0.1, 0.15) is 11.4 Å². The molecule has 0 fully saturated rings. The molecule has 2 aromatic heterocycles. The van der Waals surface area contributed by atoms with Crippen LogP contribution in [-0.2, 0) is 11.2 Å². The Morgan fingerprint density at radius 2 is 1.68 bits per heavy atom. The number of aromatic nitrogens is 2. The molecule has 0 atom stereocenters. The zero-order valence-corrected chi connectivity index (χ0v) is 21.8. The largest absolute Gasteiger partial charge is 0.497 e. The summed E-state index contributed by atoms with van der Waals surface area (Å²) in [6.07, 6.45) is 2.96.